The number of halogens is 1. The first-order chi connectivity index (χ1) is 11.6. The van der Waals surface area contributed by atoms with Crippen molar-refractivity contribution in [1.82, 2.24) is 20.8 Å². The minimum atomic E-state index is -0.224. The van der Waals surface area contributed by atoms with Gasteiger partial charge in [-0.25, -0.2) is 4.39 Å². The SMILES string of the molecule is CN=C(NCCCc1nc(C(C)C)no1)NCc1ccccc1F. The molecule has 0 bridgehead atoms. The lowest BCUT2D eigenvalue weighted by molar-refractivity contribution is 0.368. The van der Waals surface area contributed by atoms with Crippen LogP contribution in [-0.2, 0) is 13.0 Å². The van der Waals surface area contributed by atoms with E-state index >= 15 is 0 Å². The summed E-state index contributed by atoms with van der Waals surface area (Å²) in [5.41, 5.74) is 0.604. The zero-order chi connectivity index (χ0) is 17.4. The van der Waals surface area contributed by atoms with E-state index in [-0.39, 0.29) is 11.7 Å². The number of guanidine groups is 1. The predicted octanol–water partition coefficient (Wildman–Crippen LogP) is 2.63. The molecule has 0 aliphatic heterocycles. The van der Waals surface area contributed by atoms with Crippen LogP contribution in [0.1, 0.15) is 43.5 Å². The van der Waals surface area contributed by atoms with Gasteiger partial charge in [0.05, 0.1) is 0 Å². The Kier molecular flexibility index (Phi) is 6.72. The van der Waals surface area contributed by atoms with Crippen LogP contribution < -0.4 is 10.6 Å². The van der Waals surface area contributed by atoms with Crippen LogP contribution in [0.25, 0.3) is 0 Å². The van der Waals surface area contributed by atoms with Crippen LogP contribution in [0.15, 0.2) is 33.8 Å². The van der Waals surface area contributed by atoms with Crippen molar-refractivity contribution in [2.24, 2.45) is 4.99 Å². The molecule has 2 rings (SSSR count). The van der Waals surface area contributed by atoms with Crippen LogP contribution in [0, 0.1) is 5.82 Å². The molecule has 0 atom stereocenters. The number of hydrogen-bond donors (Lipinski definition) is 2. The van der Waals surface area contributed by atoms with Crippen molar-refractivity contribution in [1.29, 1.82) is 0 Å². The summed E-state index contributed by atoms with van der Waals surface area (Å²) in [6, 6.07) is 6.68. The average molecular weight is 333 g/mol. The summed E-state index contributed by atoms with van der Waals surface area (Å²) in [5, 5.41) is 10.2. The second-order valence-electron chi connectivity index (χ2n) is 5.75. The quantitative estimate of drug-likeness (QED) is 0.463. The van der Waals surface area contributed by atoms with Gasteiger partial charge in [-0.2, -0.15) is 4.98 Å². The fraction of sp³-hybridized carbons (Fsp3) is 0.471. The Morgan fingerprint density at radius 2 is 2.08 bits per heavy atom. The van der Waals surface area contributed by atoms with Crippen molar-refractivity contribution in [3.8, 4) is 0 Å². The molecule has 0 radical (unpaired) electrons. The van der Waals surface area contributed by atoms with E-state index in [1.54, 1.807) is 19.2 Å². The summed E-state index contributed by atoms with van der Waals surface area (Å²) in [6.45, 7) is 5.15. The van der Waals surface area contributed by atoms with Gasteiger partial charge in [-0.1, -0.05) is 37.2 Å². The highest BCUT2D eigenvalue weighted by Crippen LogP contribution is 2.10. The van der Waals surface area contributed by atoms with Gasteiger partial charge < -0.3 is 15.2 Å². The van der Waals surface area contributed by atoms with Crippen molar-refractivity contribution in [3.63, 3.8) is 0 Å². The van der Waals surface area contributed by atoms with Crippen LogP contribution >= 0.6 is 0 Å². The lowest BCUT2D eigenvalue weighted by atomic mass is 10.2. The minimum absolute atomic E-state index is 0.224. The van der Waals surface area contributed by atoms with Crippen molar-refractivity contribution in [2.45, 2.75) is 39.2 Å². The molecule has 7 heteroatoms. The van der Waals surface area contributed by atoms with Gasteiger partial charge in [-0.3, -0.25) is 4.99 Å². The molecular formula is C17H24FN5O. The molecule has 6 nitrogen and oxygen atoms in total. The number of nitrogens with zero attached hydrogens (tertiary/aromatic N) is 3. The Morgan fingerprint density at radius 1 is 1.29 bits per heavy atom. The van der Waals surface area contributed by atoms with E-state index in [0.29, 0.717) is 36.9 Å². The second-order valence-corrected chi connectivity index (χ2v) is 5.75. The standard InChI is InChI=1S/C17H24FN5O/c1-12(2)16-22-15(24-23-16)9-6-10-20-17(19-3)21-11-13-7-4-5-8-14(13)18/h4-5,7-8,12H,6,9-11H2,1-3H3,(H2,19,20,21). The third-order valence-corrected chi connectivity index (χ3v) is 3.49. The molecule has 130 valence electrons. The molecule has 0 aliphatic rings. The molecule has 0 saturated heterocycles. The normalized spacial score (nSPS) is 11.8. The Labute approximate surface area is 141 Å². The smallest absolute Gasteiger partial charge is 0.226 e. The zero-order valence-corrected chi connectivity index (χ0v) is 14.3. The molecule has 0 saturated carbocycles. The van der Waals surface area contributed by atoms with Gasteiger partial charge in [0.25, 0.3) is 0 Å². The van der Waals surface area contributed by atoms with E-state index in [0.717, 1.165) is 12.2 Å². The molecule has 1 aromatic carbocycles. The second kappa shape index (κ2) is 9.00. The van der Waals surface area contributed by atoms with Crippen LogP contribution in [0.4, 0.5) is 4.39 Å². The first-order valence-electron chi connectivity index (χ1n) is 8.10. The van der Waals surface area contributed by atoms with Crippen molar-refractivity contribution < 1.29 is 8.91 Å². The van der Waals surface area contributed by atoms with E-state index in [1.165, 1.54) is 6.07 Å². The molecule has 0 amide bonds. The topological polar surface area (TPSA) is 75.3 Å². The summed E-state index contributed by atoms with van der Waals surface area (Å²) >= 11 is 0. The maximum atomic E-state index is 13.6. The molecule has 1 heterocycles. The Balaban J connectivity index is 1.71. The number of aromatic nitrogens is 2. The summed E-state index contributed by atoms with van der Waals surface area (Å²) in [6.07, 6.45) is 1.54. The molecule has 0 fully saturated rings. The van der Waals surface area contributed by atoms with Crippen LogP contribution in [0.3, 0.4) is 0 Å². The van der Waals surface area contributed by atoms with E-state index < -0.39 is 0 Å². The number of rotatable bonds is 7. The largest absolute Gasteiger partial charge is 0.356 e. The van der Waals surface area contributed by atoms with Gasteiger partial charge >= 0.3 is 0 Å². The molecule has 0 aliphatic carbocycles. The number of aryl methyl sites for hydroxylation is 1. The summed E-state index contributed by atoms with van der Waals surface area (Å²) in [4.78, 5) is 8.46. The van der Waals surface area contributed by atoms with Crippen LogP contribution in [-0.4, -0.2) is 29.7 Å². The van der Waals surface area contributed by atoms with Gasteiger partial charge in [0.2, 0.25) is 5.89 Å². The Morgan fingerprint density at radius 3 is 2.75 bits per heavy atom. The summed E-state index contributed by atoms with van der Waals surface area (Å²) < 4.78 is 18.8. The number of aliphatic imine (C=N–C) groups is 1. The average Bonchev–Trinajstić information content (AvgIpc) is 3.05. The summed E-state index contributed by atoms with van der Waals surface area (Å²) in [7, 11) is 1.68. The Hall–Kier alpha value is -2.44. The Bertz CT molecular complexity index is 669. The molecule has 1 aromatic heterocycles. The highest BCUT2D eigenvalue weighted by molar-refractivity contribution is 5.79. The van der Waals surface area contributed by atoms with Crippen LogP contribution in [0.5, 0.6) is 0 Å². The summed E-state index contributed by atoms with van der Waals surface area (Å²) in [5.74, 6) is 2.06. The van der Waals surface area contributed by atoms with E-state index in [4.69, 9.17) is 4.52 Å². The maximum Gasteiger partial charge on any atom is 0.226 e. The highest BCUT2D eigenvalue weighted by atomic mass is 19.1. The molecular weight excluding hydrogens is 309 g/mol. The minimum Gasteiger partial charge on any atom is -0.356 e. The number of nitrogens with one attached hydrogen (secondary N) is 2. The van der Waals surface area contributed by atoms with E-state index in [9.17, 15) is 4.39 Å². The third kappa shape index (κ3) is 5.33. The predicted molar refractivity (Wildman–Crippen MR) is 91.3 cm³/mol. The first-order valence-corrected chi connectivity index (χ1v) is 8.10. The van der Waals surface area contributed by atoms with E-state index in [1.807, 2.05) is 19.9 Å². The highest BCUT2D eigenvalue weighted by Gasteiger charge is 2.09. The third-order valence-electron chi connectivity index (χ3n) is 3.49. The number of benzene rings is 1. The first kappa shape index (κ1) is 17.9. The lowest BCUT2D eigenvalue weighted by Gasteiger charge is -2.11. The van der Waals surface area contributed by atoms with Crippen molar-refractivity contribution >= 4 is 5.96 Å². The monoisotopic (exact) mass is 333 g/mol. The van der Waals surface area contributed by atoms with Crippen molar-refractivity contribution in [2.75, 3.05) is 13.6 Å². The lowest BCUT2D eigenvalue weighted by Crippen LogP contribution is -2.37. The fourth-order valence-corrected chi connectivity index (χ4v) is 2.09. The molecule has 2 aromatic rings. The fourth-order valence-electron chi connectivity index (χ4n) is 2.09. The van der Waals surface area contributed by atoms with Gasteiger partial charge in [-0.15, -0.1) is 0 Å². The van der Waals surface area contributed by atoms with E-state index in [2.05, 4.69) is 25.8 Å². The molecule has 0 spiro atoms. The molecule has 0 unspecified atom stereocenters. The maximum absolute atomic E-state index is 13.6. The van der Waals surface area contributed by atoms with Gasteiger partial charge in [0.1, 0.15) is 5.82 Å². The molecule has 24 heavy (non-hydrogen) atoms. The number of hydrogen-bond acceptors (Lipinski definition) is 4. The van der Waals surface area contributed by atoms with Gasteiger partial charge in [-0.05, 0) is 12.5 Å². The van der Waals surface area contributed by atoms with Crippen LogP contribution in [0.2, 0.25) is 0 Å². The zero-order valence-electron chi connectivity index (χ0n) is 14.3. The molecule has 2 N–H and O–H groups in total. The van der Waals surface area contributed by atoms with Crippen molar-refractivity contribution in [3.05, 3.63) is 47.4 Å². The van der Waals surface area contributed by atoms with Gasteiger partial charge in [0.15, 0.2) is 11.8 Å². The van der Waals surface area contributed by atoms with Gasteiger partial charge in [0, 0.05) is 38.0 Å².